The third-order valence-electron chi connectivity index (χ3n) is 11.3. The van der Waals surface area contributed by atoms with Gasteiger partial charge in [-0.15, -0.1) is 0 Å². The Balaban J connectivity index is 1.16. The fourth-order valence-electron chi connectivity index (χ4n) is 9.02. The summed E-state index contributed by atoms with van der Waals surface area (Å²) in [5.41, 5.74) is -1.10. The summed E-state index contributed by atoms with van der Waals surface area (Å²) in [5.74, 6) is -3.07. The van der Waals surface area contributed by atoms with E-state index in [-0.39, 0.29) is 61.1 Å². The zero-order valence-electron chi connectivity index (χ0n) is 25.4. The maximum Gasteiger partial charge on any atom is 0.326 e. The summed E-state index contributed by atoms with van der Waals surface area (Å²) in [6.45, 7) is 3.35. The van der Waals surface area contributed by atoms with Gasteiger partial charge >= 0.3 is 11.9 Å². The van der Waals surface area contributed by atoms with Gasteiger partial charge in [-0.25, -0.2) is 4.79 Å². The number of aliphatic hydroxyl groups excluding tert-OH is 1. The molecule has 0 bridgehead atoms. The number of carboxylic acid groups (broad SMARTS) is 1. The van der Waals surface area contributed by atoms with Crippen LogP contribution in [0.5, 0.6) is 0 Å². The van der Waals surface area contributed by atoms with Gasteiger partial charge in [-0.1, -0.05) is 49.8 Å². The van der Waals surface area contributed by atoms with Crippen LogP contribution in [-0.2, 0) is 35.1 Å². The Kier molecular flexibility index (Phi) is 8.88. The Morgan fingerprint density at radius 2 is 1.77 bits per heavy atom. The van der Waals surface area contributed by atoms with Crippen LogP contribution < -0.4 is 5.32 Å². The van der Waals surface area contributed by atoms with Gasteiger partial charge in [0.2, 0.25) is 11.7 Å². The molecular formula is C34H43NO9. The monoisotopic (exact) mass is 609 g/mol. The highest BCUT2D eigenvalue weighted by Gasteiger charge is 2.68. The summed E-state index contributed by atoms with van der Waals surface area (Å²) >= 11 is 0. The molecular weight excluding hydrogens is 566 g/mol. The zero-order valence-corrected chi connectivity index (χ0v) is 25.4. The van der Waals surface area contributed by atoms with Crippen molar-refractivity contribution in [3.63, 3.8) is 0 Å². The lowest BCUT2D eigenvalue weighted by atomic mass is 9.45. The molecule has 3 fully saturated rings. The zero-order chi connectivity index (χ0) is 31.9. The quantitative estimate of drug-likeness (QED) is 0.292. The first kappa shape index (κ1) is 32.0. The highest BCUT2D eigenvalue weighted by Crippen LogP contribution is 2.67. The predicted octanol–water partition coefficient (Wildman–Crippen LogP) is 2.92. The van der Waals surface area contributed by atoms with E-state index < -0.39 is 53.4 Å². The normalized spacial score (nSPS) is 34.9. The number of carbonyl (C=O) groups is 5. The molecule has 44 heavy (non-hydrogen) atoms. The van der Waals surface area contributed by atoms with Crippen LogP contribution in [0.4, 0.5) is 0 Å². The van der Waals surface area contributed by atoms with Crippen molar-refractivity contribution in [3.05, 3.63) is 47.5 Å². The van der Waals surface area contributed by atoms with Crippen LogP contribution >= 0.6 is 0 Å². The van der Waals surface area contributed by atoms with E-state index in [2.05, 4.69) is 12.2 Å². The molecule has 10 heteroatoms. The number of Topliss-reactive ketones (excluding diaryl/α,β-unsaturated/α-hetero) is 1. The van der Waals surface area contributed by atoms with Gasteiger partial charge in [-0.05, 0) is 73.3 Å². The topological polar surface area (TPSA) is 167 Å². The van der Waals surface area contributed by atoms with Gasteiger partial charge in [0.15, 0.2) is 12.4 Å². The van der Waals surface area contributed by atoms with E-state index in [0.29, 0.717) is 19.3 Å². The molecule has 4 aliphatic rings. The van der Waals surface area contributed by atoms with Crippen molar-refractivity contribution in [2.24, 2.45) is 28.6 Å². The molecule has 238 valence electrons. The molecule has 1 aromatic carbocycles. The lowest BCUT2D eigenvalue weighted by Gasteiger charge is -2.60. The predicted molar refractivity (Wildman–Crippen MR) is 158 cm³/mol. The Morgan fingerprint density at radius 1 is 1.05 bits per heavy atom. The van der Waals surface area contributed by atoms with E-state index in [9.17, 15) is 39.3 Å². The number of carboxylic acids is 1. The summed E-state index contributed by atoms with van der Waals surface area (Å²) < 4.78 is 5.19. The van der Waals surface area contributed by atoms with Crippen LogP contribution in [0.1, 0.15) is 77.2 Å². The standard InChI is InChI=1S/C34H43NO9/c1-32-14-12-22(36)17-21(32)8-9-23-24-13-15-34(43,33(24,2)18-26(37)30(23)32)27(38)19-44-29(40)11-10-28(39)35-25(31(41)42)16-20-6-4-3-5-7-20/h3-7,17,23-26,30,37,43H,8-16,18-19H2,1-2H3,(H,35,39)(H,41,42)/t23-,24-,25-,26+,30+,32+,33+,34+/m1/s1. The van der Waals surface area contributed by atoms with E-state index in [1.807, 2.05) is 6.92 Å². The Labute approximate surface area is 257 Å². The van der Waals surface area contributed by atoms with Gasteiger partial charge in [0.05, 0.1) is 12.5 Å². The van der Waals surface area contributed by atoms with Gasteiger partial charge in [-0.3, -0.25) is 19.2 Å². The molecule has 0 aromatic heterocycles. The highest BCUT2D eigenvalue weighted by molar-refractivity contribution is 5.92. The van der Waals surface area contributed by atoms with Gasteiger partial charge in [-0.2, -0.15) is 0 Å². The molecule has 3 saturated carbocycles. The Bertz CT molecular complexity index is 1360. The minimum absolute atomic E-state index is 0.00156. The van der Waals surface area contributed by atoms with Gasteiger partial charge in [0.25, 0.3) is 0 Å². The van der Waals surface area contributed by atoms with Crippen molar-refractivity contribution in [2.75, 3.05) is 6.61 Å². The number of carbonyl (C=O) groups excluding carboxylic acids is 4. The van der Waals surface area contributed by atoms with E-state index in [1.54, 1.807) is 36.4 Å². The SMILES string of the molecule is C[C@]12CCC(=O)C=C1CC[C@H]1[C@H]2[C@@H](O)C[C@@]2(C)[C@@H]1CC[C@]2(O)C(=O)COC(=O)CCC(=O)N[C@H](Cc1ccccc1)C(=O)O. The molecule has 8 atom stereocenters. The average Bonchev–Trinajstić information content (AvgIpc) is 3.25. The summed E-state index contributed by atoms with van der Waals surface area (Å²) in [7, 11) is 0. The van der Waals surface area contributed by atoms with Crippen molar-refractivity contribution in [1.82, 2.24) is 5.32 Å². The minimum Gasteiger partial charge on any atom is -0.480 e. The first-order valence-corrected chi connectivity index (χ1v) is 15.7. The molecule has 1 amide bonds. The molecule has 4 N–H and O–H groups in total. The van der Waals surface area contributed by atoms with E-state index in [4.69, 9.17) is 4.74 Å². The number of hydrogen-bond donors (Lipinski definition) is 4. The van der Waals surface area contributed by atoms with Crippen molar-refractivity contribution >= 4 is 29.4 Å². The van der Waals surface area contributed by atoms with Gasteiger partial charge < -0.3 is 25.4 Å². The van der Waals surface area contributed by atoms with Crippen molar-refractivity contribution in [1.29, 1.82) is 0 Å². The van der Waals surface area contributed by atoms with Crippen molar-refractivity contribution < 1.29 is 44.0 Å². The van der Waals surface area contributed by atoms with Gasteiger partial charge in [0, 0.05) is 24.7 Å². The van der Waals surface area contributed by atoms with Crippen molar-refractivity contribution in [3.8, 4) is 0 Å². The number of esters is 1. The first-order chi connectivity index (χ1) is 20.8. The molecule has 5 rings (SSSR count). The molecule has 0 aliphatic heterocycles. The first-order valence-electron chi connectivity index (χ1n) is 15.7. The van der Waals surface area contributed by atoms with E-state index in [1.165, 1.54) is 0 Å². The summed E-state index contributed by atoms with van der Waals surface area (Å²) in [4.78, 5) is 62.1. The average molecular weight is 610 g/mol. The number of nitrogens with one attached hydrogen (secondary N) is 1. The number of aliphatic carboxylic acids is 1. The summed E-state index contributed by atoms with van der Waals surface area (Å²) in [6, 6.07) is 7.70. The van der Waals surface area contributed by atoms with Crippen molar-refractivity contribution in [2.45, 2.75) is 95.8 Å². The summed E-state index contributed by atoms with van der Waals surface area (Å²) in [5, 5.41) is 35.3. The number of ether oxygens (including phenoxy) is 1. The third kappa shape index (κ3) is 5.74. The Morgan fingerprint density at radius 3 is 2.48 bits per heavy atom. The fourth-order valence-corrected chi connectivity index (χ4v) is 9.02. The molecule has 0 spiro atoms. The molecule has 0 saturated heterocycles. The second kappa shape index (κ2) is 12.2. The molecule has 1 aromatic rings. The summed E-state index contributed by atoms with van der Waals surface area (Å²) in [6.07, 6.45) is 4.20. The highest BCUT2D eigenvalue weighted by atomic mass is 16.5. The van der Waals surface area contributed by atoms with Crippen LogP contribution in [0.3, 0.4) is 0 Å². The smallest absolute Gasteiger partial charge is 0.326 e. The number of hydrogen-bond acceptors (Lipinski definition) is 8. The Hall–Kier alpha value is -3.37. The second-order valence-electron chi connectivity index (χ2n) is 13.7. The molecule has 0 radical (unpaired) electrons. The number of benzene rings is 1. The maximum atomic E-state index is 13.5. The van der Waals surface area contributed by atoms with Crippen LogP contribution in [0.2, 0.25) is 0 Å². The largest absolute Gasteiger partial charge is 0.480 e. The molecule has 10 nitrogen and oxygen atoms in total. The number of amides is 1. The minimum atomic E-state index is -1.77. The lowest BCUT2D eigenvalue weighted by molar-refractivity contribution is -0.184. The lowest BCUT2D eigenvalue weighted by Crippen LogP contribution is -2.62. The van der Waals surface area contributed by atoms with Crippen LogP contribution in [-0.4, -0.2) is 69.1 Å². The van der Waals surface area contributed by atoms with E-state index >= 15 is 0 Å². The van der Waals surface area contributed by atoms with Gasteiger partial charge in [0.1, 0.15) is 11.6 Å². The molecule has 0 unspecified atom stereocenters. The number of aliphatic hydroxyl groups is 2. The van der Waals surface area contributed by atoms with Crippen LogP contribution in [0.25, 0.3) is 0 Å². The number of rotatable bonds is 10. The third-order valence-corrected chi connectivity index (χ3v) is 11.3. The molecule has 0 heterocycles. The molecule has 4 aliphatic carbocycles. The van der Waals surface area contributed by atoms with Crippen LogP contribution in [0.15, 0.2) is 42.0 Å². The number of ketones is 2. The second-order valence-corrected chi connectivity index (χ2v) is 13.7. The van der Waals surface area contributed by atoms with Crippen LogP contribution in [0, 0.1) is 28.6 Å². The fraction of sp³-hybridized carbons (Fsp3) is 0.618. The number of fused-ring (bicyclic) bond motifs is 5. The number of allylic oxidation sites excluding steroid dienone is 1. The maximum absolute atomic E-state index is 13.5. The van der Waals surface area contributed by atoms with E-state index in [0.717, 1.165) is 24.0 Å².